The number of nitrogens with zero attached hydrogens (tertiary/aromatic N) is 2. The van der Waals surface area contributed by atoms with Gasteiger partial charge in [0.15, 0.2) is 0 Å². The summed E-state index contributed by atoms with van der Waals surface area (Å²) in [6.07, 6.45) is 1.82. The second kappa shape index (κ2) is 4.49. The number of rotatable bonds is 3. The Morgan fingerprint density at radius 2 is 2.21 bits per heavy atom. The second-order valence-corrected chi connectivity index (χ2v) is 4.34. The summed E-state index contributed by atoms with van der Waals surface area (Å²) < 4.78 is 20.5. The molecule has 1 unspecified atom stereocenters. The van der Waals surface area contributed by atoms with E-state index in [1.165, 1.54) is 12.1 Å². The lowest BCUT2D eigenvalue weighted by Crippen LogP contribution is -2.28. The number of nitrogens with two attached hydrogens (primary N) is 1. The number of halogens is 1. The Kier molecular flexibility index (Phi) is 2.81. The number of aryl methyl sites for hydroxylation is 1. The average Bonchev–Trinajstić information content (AvgIpc) is 2.96. The zero-order chi connectivity index (χ0) is 13.4. The van der Waals surface area contributed by atoms with Crippen molar-refractivity contribution < 1.29 is 8.81 Å². The molecule has 0 fully saturated rings. The van der Waals surface area contributed by atoms with Crippen molar-refractivity contribution in [3.8, 4) is 0 Å². The SMILES string of the molecule is Cn1ccc(C(NN)c2cc3cc(F)ccc3o2)n1. The van der Waals surface area contributed by atoms with E-state index in [0.29, 0.717) is 16.7 Å². The van der Waals surface area contributed by atoms with E-state index in [4.69, 9.17) is 10.3 Å². The minimum atomic E-state index is -0.364. The third-order valence-electron chi connectivity index (χ3n) is 2.98. The normalized spacial score (nSPS) is 13.0. The molecule has 0 saturated carbocycles. The molecule has 19 heavy (non-hydrogen) atoms. The van der Waals surface area contributed by atoms with Gasteiger partial charge in [-0.25, -0.2) is 9.82 Å². The summed E-state index contributed by atoms with van der Waals surface area (Å²) in [4.78, 5) is 0. The molecule has 3 N–H and O–H groups in total. The molecular formula is C13H13FN4O. The predicted octanol–water partition coefficient (Wildman–Crippen LogP) is 1.86. The molecule has 0 spiro atoms. The lowest BCUT2D eigenvalue weighted by atomic mass is 10.1. The molecule has 2 heterocycles. The monoisotopic (exact) mass is 260 g/mol. The van der Waals surface area contributed by atoms with E-state index in [2.05, 4.69) is 10.5 Å². The van der Waals surface area contributed by atoms with Crippen molar-refractivity contribution in [3.05, 3.63) is 53.8 Å². The van der Waals surface area contributed by atoms with Crippen LogP contribution in [-0.4, -0.2) is 9.78 Å². The number of benzene rings is 1. The van der Waals surface area contributed by atoms with Crippen LogP contribution >= 0.6 is 0 Å². The highest BCUT2D eigenvalue weighted by Gasteiger charge is 2.19. The highest BCUT2D eigenvalue weighted by Crippen LogP contribution is 2.27. The summed E-state index contributed by atoms with van der Waals surface area (Å²) in [6.45, 7) is 0. The summed E-state index contributed by atoms with van der Waals surface area (Å²) >= 11 is 0. The van der Waals surface area contributed by atoms with Crippen LogP contribution in [0.1, 0.15) is 17.5 Å². The van der Waals surface area contributed by atoms with Gasteiger partial charge in [-0.1, -0.05) is 0 Å². The number of furan rings is 1. The maximum Gasteiger partial charge on any atom is 0.134 e. The second-order valence-electron chi connectivity index (χ2n) is 4.34. The topological polar surface area (TPSA) is 69.0 Å². The molecule has 0 aliphatic heterocycles. The van der Waals surface area contributed by atoms with Crippen molar-refractivity contribution in [2.45, 2.75) is 6.04 Å². The summed E-state index contributed by atoms with van der Waals surface area (Å²) in [5.74, 6) is 5.87. The summed E-state index contributed by atoms with van der Waals surface area (Å²) in [5, 5.41) is 4.99. The Hall–Kier alpha value is -2.18. The Morgan fingerprint density at radius 1 is 1.37 bits per heavy atom. The van der Waals surface area contributed by atoms with Crippen LogP contribution in [-0.2, 0) is 7.05 Å². The number of hydrogen-bond acceptors (Lipinski definition) is 4. The molecule has 0 radical (unpaired) electrons. The van der Waals surface area contributed by atoms with Gasteiger partial charge in [-0.15, -0.1) is 0 Å². The summed E-state index contributed by atoms with van der Waals surface area (Å²) in [5.41, 5.74) is 4.02. The van der Waals surface area contributed by atoms with Crippen molar-refractivity contribution in [2.75, 3.05) is 0 Å². The summed E-state index contributed by atoms with van der Waals surface area (Å²) in [6, 6.07) is 7.63. The van der Waals surface area contributed by atoms with Crippen molar-refractivity contribution in [1.29, 1.82) is 0 Å². The Bertz CT molecular complexity index is 718. The van der Waals surface area contributed by atoms with Crippen LogP contribution in [0, 0.1) is 5.82 Å². The molecule has 98 valence electrons. The third kappa shape index (κ3) is 2.11. The smallest absolute Gasteiger partial charge is 0.134 e. The van der Waals surface area contributed by atoms with Gasteiger partial charge in [0.1, 0.15) is 23.2 Å². The molecule has 3 rings (SSSR count). The molecule has 1 atom stereocenters. The van der Waals surface area contributed by atoms with E-state index >= 15 is 0 Å². The Morgan fingerprint density at radius 3 is 2.89 bits per heavy atom. The highest BCUT2D eigenvalue weighted by atomic mass is 19.1. The first-order chi connectivity index (χ1) is 9.17. The van der Waals surface area contributed by atoms with Crippen LogP contribution in [0.15, 0.2) is 40.9 Å². The van der Waals surface area contributed by atoms with E-state index in [0.717, 1.165) is 5.69 Å². The fourth-order valence-electron chi connectivity index (χ4n) is 2.08. The first-order valence-corrected chi connectivity index (χ1v) is 5.82. The molecule has 1 aromatic carbocycles. The van der Waals surface area contributed by atoms with Crippen LogP contribution in [0.25, 0.3) is 11.0 Å². The Labute approximate surface area is 108 Å². The van der Waals surface area contributed by atoms with E-state index in [9.17, 15) is 4.39 Å². The minimum Gasteiger partial charge on any atom is -0.459 e. The maximum absolute atomic E-state index is 13.2. The third-order valence-corrected chi connectivity index (χ3v) is 2.98. The van der Waals surface area contributed by atoms with E-state index in [1.807, 2.05) is 19.3 Å². The van der Waals surface area contributed by atoms with Gasteiger partial charge in [-0.3, -0.25) is 10.5 Å². The van der Waals surface area contributed by atoms with Crippen molar-refractivity contribution in [1.82, 2.24) is 15.2 Å². The number of fused-ring (bicyclic) bond motifs is 1. The lowest BCUT2D eigenvalue weighted by Gasteiger charge is -2.09. The van der Waals surface area contributed by atoms with Gasteiger partial charge in [-0.2, -0.15) is 5.10 Å². The zero-order valence-corrected chi connectivity index (χ0v) is 10.3. The van der Waals surface area contributed by atoms with Gasteiger partial charge in [0.2, 0.25) is 0 Å². The van der Waals surface area contributed by atoms with Gasteiger partial charge >= 0.3 is 0 Å². The van der Waals surface area contributed by atoms with Gasteiger partial charge in [0.05, 0.1) is 5.69 Å². The number of hydrogen-bond donors (Lipinski definition) is 2. The first kappa shape index (κ1) is 11.9. The molecule has 0 aliphatic carbocycles. The van der Waals surface area contributed by atoms with E-state index in [1.54, 1.807) is 16.8 Å². The molecular weight excluding hydrogens is 247 g/mol. The standard InChI is InChI=1S/C13H13FN4O/c1-18-5-4-10(17-18)13(16-15)12-7-8-6-9(14)2-3-11(8)19-12/h2-7,13,16H,15H2,1H3. The molecule has 5 nitrogen and oxygen atoms in total. The fraction of sp³-hybridized carbons (Fsp3) is 0.154. The van der Waals surface area contributed by atoms with E-state index < -0.39 is 0 Å². The van der Waals surface area contributed by atoms with Crippen molar-refractivity contribution in [3.63, 3.8) is 0 Å². The van der Waals surface area contributed by atoms with Crippen LogP contribution in [0.3, 0.4) is 0 Å². The number of nitrogens with one attached hydrogen (secondary N) is 1. The molecule has 0 saturated heterocycles. The van der Waals surface area contributed by atoms with Gasteiger partial charge < -0.3 is 4.42 Å². The zero-order valence-electron chi connectivity index (χ0n) is 10.3. The molecule has 6 heteroatoms. The molecule has 0 amide bonds. The molecule has 0 bridgehead atoms. The van der Waals surface area contributed by atoms with Gasteiger partial charge in [0.25, 0.3) is 0 Å². The van der Waals surface area contributed by atoms with Gasteiger partial charge in [-0.05, 0) is 30.3 Å². The van der Waals surface area contributed by atoms with Gasteiger partial charge in [0, 0.05) is 18.6 Å². The summed E-state index contributed by atoms with van der Waals surface area (Å²) in [7, 11) is 1.82. The largest absolute Gasteiger partial charge is 0.459 e. The number of aromatic nitrogens is 2. The van der Waals surface area contributed by atoms with Crippen LogP contribution < -0.4 is 11.3 Å². The van der Waals surface area contributed by atoms with Crippen LogP contribution in [0.2, 0.25) is 0 Å². The predicted molar refractivity (Wildman–Crippen MR) is 68.5 cm³/mol. The molecule has 2 aromatic heterocycles. The molecule has 3 aromatic rings. The quantitative estimate of drug-likeness (QED) is 0.557. The van der Waals surface area contributed by atoms with E-state index in [-0.39, 0.29) is 11.9 Å². The maximum atomic E-state index is 13.2. The highest BCUT2D eigenvalue weighted by molar-refractivity contribution is 5.78. The number of hydrazine groups is 1. The molecule has 0 aliphatic rings. The van der Waals surface area contributed by atoms with Crippen LogP contribution in [0.4, 0.5) is 4.39 Å². The minimum absolute atomic E-state index is 0.296. The Balaban J connectivity index is 2.06. The fourth-order valence-corrected chi connectivity index (χ4v) is 2.08. The average molecular weight is 260 g/mol. The van der Waals surface area contributed by atoms with Crippen molar-refractivity contribution >= 4 is 11.0 Å². The van der Waals surface area contributed by atoms with Crippen LogP contribution in [0.5, 0.6) is 0 Å². The van der Waals surface area contributed by atoms with Crippen molar-refractivity contribution in [2.24, 2.45) is 12.9 Å². The first-order valence-electron chi connectivity index (χ1n) is 5.82. The lowest BCUT2D eigenvalue weighted by molar-refractivity contribution is 0.468.